The fraction of sp³-hybridized carbons (Fsp3) is 0.750. The zero-order chi connectivity index (χ0) is 20.1. The van der Waals surface area contributed by atoms with Crippen molar-refractivity contribution in [3.05, 3.63) is 24.3 Å². The van der Waals surface area contributed by atoms with Crippen molar-refractivity contribution in [3.8, 4) is 0 Å². The van der Waals surface area contributed by atoms with Crippen LogP contribution in [0.3, 0.4) is 0 Å². The molecule has 5 aliphatic rings. The largest absolute Gasteiger partial charge is 0.0596 e. The minimum Gasteiger partial charge on any atom is -0.0596 e. The number of carbonyl (C=O) groups is 1. The maximum atomic E-state index is 11.3. The summed E-state index contributed by atoms with van der Waals surface area (Å²) >= 11 is -5.36. The van der Waals surface area contributed by atoms with E-state index in [9.17, 15) is 21.8 Å². The first-order valence-corrected chi connectivity index (χ1v) is 13.1. The molecule has 27 heavy (non-hydrogen) atoms. The summed E-state index contributed by atoms with van der Waals surface area (Å²) in [6.07, 6.45) is 13.1. The molecule has 4 saturated carbocycles. The predicted octanol–water partition coefficient (Wildman–Crippen LogP) is 1.85. The van der Waals surface area contributed by atoms with Crippen LogP contribution in [0, 0.1) is 22.7 Å². The van der Waals surface area contributed by atoms with Crippen LogP contribution >= 0.6 is 0 Å². The Bertz CT molecular complexity index is 677. The summed E-state index contributed by atoms with van der Waals surface area (Å²) in [6, 6.07) is 0. The Kier molecular flexibility index (Phi) is 5.35. The number of hydrogen-bond acceptors (Lipinski definition) is 3. The molecule has 4 bridgehead atoms. The van der Waals surface area contributed by atoms with E-state index in [1.165, 1.54) is 24.6 Å². The van der Waals surface area contributed by atoms with Crippen LogP contribution in [0.2, 0.25) is 0 Å². The van der Waals surface area contributed by atoms with Gasteiger partial charge in [-0.25, -0.2) is 0 Å². The monoisotopic (exact) mass is 441 g/mol. The molecular formula is C20H32AsNO5. The van der Waals surface area contributed by atoms with Crippen molar-refractivity contribution in [3.63, 3.8) is 0 Å². The first-order valence-electron chi connectivity index (χ1n) is 9.75. The molecule has 4 N–H and O–H groups in total. The number of amides is 1. The third kappa shape index (κ3) is 4.14. The maximum Gasteiger partial charge on any atom is -0.0315 e. The zero-order valence-electron chi connectivity index (χ0n) is 16.4. The second-order valence-corrected chi connectivity index (χ2v) is 13.7. The Balaban J connectivity index is 0.000000158. The van der Waals surface area contributed by atoms with Gasteiger partial charge in [-0.15, -0.1) is 0 Å². The molecule has 0 aromatic carbocycles. The summed E-state index contributed by atoms with van der Waals surface area (Å²) in [5, 5.41) is 11.7. The molecule has 0 heterocycles. The zero-order valence-corrected chi connectivity index (χ0v) is 18.3. The van der Waals surface area contributed by atoms with E-state index in [1.807, 2.05) is 0 Å². The Labute approximate surface area is 164 Å². The third-order valence-electron chi connectivity index (χ3n) is 6.71. The average molecular weight is 441 g/mol. The van der Waals surface area contributed by atoms with Gasteiger partial charge in [-0.05, 0) is 61.2 Å². The summed E-state index contributed by atoms with van der Waals surface area (Å²) in [7, 11) is 0. The van der Waals surface area contributed by atoms with Gasteiger partial charge in [-0.3, -0.25) is 0 Å². The van der Waals surface area contributed by atoms with Gasteiger partial charge < -0.3 is 0 Å². The summed E-state index contributed by atoms with van der Waals surface area (Å²) in [4.78, 5) is 10.9. The topological polar surface area (TPSA) is 107 Å². The quantitative estimate of drug-likeness (QED) is 0.490. The van der Waals surface area contributed by atoms with E-state index < -0.39 is 30.5 Å². The molecule has 0 aromatic rings. The van der Waals surface area contributed by atoms with Crippen LogP contribution in [0.25, 0.3) is 0 Å². The molecule has 0 spiro atoms. The molecule has 5 aliphatic carbocycles. The summed E-state index contributed by atoms with van der Waals surface area (Å²) in [5.74, 6) is 1.61. The molecule has 6 nitrogen and oxygen atoms in total. The molecule has 0 radical (unpaired) electrons. The fourth-order valence-electron chi connectivity index (χ4n) is 6.58. The minimum absolute atomic E-state index is 0.612. The summed E-state index contributed by atoms with van der Waals surface area (Å²) in [5.41, 5.74) is 1.53. The van der Waals surface area contributed by atoms with E-state index in [2.05, 4.69) is 19.2 Å². The Morgan fingerprint density at radius 3 is 1.96 bits per heavy atom. The van der Waals surface area contributed by atoms with Crippen molar-refractivity contribution in [2.45, 2.75) is 69.7 Å². The molecule has 0 aromatic heterocycles. The normalized spacial score (nSPS) is 44.6. The third-order valence-corrected chi connectivity index (χ3v) is 9.84. The van der Waals surface area contributed by atoms with E-state index >= 15 is 0 Å². The molecule has 0 aliphatic heterocycles. The van der Waals surface area contributed by atoms with Crippen LogP contribution in [0.4, 0.5) is 0 Å². The molecule has 1 amide bonds. The smallest absolute Gasteiger partial charge is 0.0315 e. The van der Waals surface area contributed by atoms with Crippen molar-refractivity contribution in [1.82, 2.24) is 5.32 Å². The molecule has 2 atom stereocenters. The Morgan fingerprint density at radius 1 is 1.07 bits per heavy atom. The Hall–Kier alpha value is -0.812. The second-order valence-electron chi connectivity index (χ2n) is 9.82. The second kappa shape index (κ2) is 6.91. The van der Waals surface area contributed by atoms with Gasteiger partial charge in [0.2, 0.25) is 0 Å². The maximum absolute atomic E-state index is 11.3. The minimum atomic E-state index is -5.36. The summed E-state index contributed by atoms with van der Waals surface area (Å²) < 4.78 is 27.8. The van der Waals surface area contributed by atoms with Crippen molar-refractivity contribution in [2.24, 2.45) is 22.7 Å². The number of nitrogens with one attached hydrogen (secondary N) is 1. The van der Waals surface area contributed by atoms with E-state index in [1.54, 1.807) is 32.1 Å². The van der Waals surface area contributed by atoms with Gasteiger partial charge in [0.05, 0.1) is 0 Å². The van der Waals surface area contributed by atoms with E-state index in [-0.39, 0.29) is 0 Å². The van der Waals surface area contributed by atoms with Crippen LogP contribution in [-0.4, -0.2) is 43.8 Å². The number of rotatable bonds is 2. The molecule has 2 unspecified atom stereocenters. The Morgan fingerprint density at radius 2 is 1.59 bits per heavy atom. The van der Waals surface area contributed by atoms with Crippen molar-refractivity contribution >= 4 is 20.1 Å². The standard InChI is InChI=1S/C12H20.C8H12AsNO5/c1-11-4-9-3-10(5-11)7-12(2,6-9)8-11;1-6(11)10-8(9(13,14)15)5-3-2-4-7(8)12/h9-10H,3-8H2,1-2H3;2-5,7,12H,1H3,(H,10,11)(H2,13,14,15). The first kappa shape index (κ1) is 20.9. The number of hydrogen-bond donors (Lipinski definition) is 4. The van der Waals surface area contributed by atoms with Crippen molar-refractivity contribution in [2.75, 3.05) is 0 Å². The predicted molar refractivity (Wildman–Crippen MR) is 103 cm³/mol. The van der Waals surface area contributed by atoms with Crippen LogP contribution in [0.5, 0.6) is 0 Å². The van der Waals surface area contributed by atoms with Crippen LogP contribution in [-0.2, 0) is 8.53 Å². The number of aliphatic hydroxyl groups excluding tert-OH is 1. The van der Waals surface area contributed by atoms with Gasteiger partial charge in [0, 0.05) is 0 Å². The van der Waals surface area contributed by atoms with E-state index in [4.69, 9.17) is 0 Å². The first-order chi connectivity index (χ1) is 12.4. The van der Waals surface area contributed by atoms with Gasteiger partial charge in [-0.1, -0.05) is 13.8 Å². The van der Waals surface area contributed by atoms with Crippen molar-refractivity contribution in [1.29, 1.82) is 0 Å². The van der Waals surface area contributed by atoms with Crippen LogP contribution in [0.1, 0.15) is 59.3 Å². The number of allylic oxidation sites excluding steroid dienone is 2. The number of carbonyl (C=O) groups excluding carboxylic acids is 1. The SMILES string of the molecule is CC(=O)NC1([As](=O)(O)O)C=CC=CC1O.CC12CC3CC(C1)CC(C)(C3)C2. The average Bonchev–Trinajstić information content (AvgIpc) is 2.45. The molecule has 152 valence electrons. The van der Waals surface area contributed by atoms with Crippen LogP contribution < -0.4 is 5.32 Å². The van der Waals surface area contributed by atoms with Gasteiger partial charge in [0.25, 0.3) is 0 Å². The van der Waals surface area contributed by atoms with E-state index in [0.29, 0.717) is 0 Å². The molecule has 4 fully saturated rings. The van der Waals surface area contributed by atoms with Gasteiger partial charge in [-0.2, -0.15) is 0 Å². The molecule has 0 saturated heterocycles. The fourth-order valence-corrected chi connectivity index (χ4v) is 8.71. The van der Waals surface area contributed by atoms with Crippen molar-refractivity contribution < 1.29 is 21.8 Å². The molecule has 5 rings (SSSR count). The van der Waals surface area contributed by atoms with E-state index in [0.717, 1.165) is 35.7 Å². The van der Waals surface area contributed by atoms with Crippen LogP contribution in [0.15, 0.2) is 24.3 Å². The number of aliphatic hydroxyl groups is 1. The molecular weight excluding hydrogens is 409 g/mol. The summed E-state index contributed by atoms with van der Waals surface area (Å²) in [6.45, 7) is 6.22. The van der Waals surface area contributed by atoms with Gasteiger partial charge >= 0.3 is 88.9 Å². The molecule has 7 heteroatoms. The van der Waals surface area contributed by atoms with Gasteiger partial charge in [0.15, 0.2) is 0 Å². The van der Waals surface area contributed by atoms with Gasteiger partial charge in [0.1, 0.15) is 0 Å².